The Balaban J connectivity index is 2.60. The van der Waals surface area contributed by atoms with Gasteiger partial charge in [-0.15, -0.1) is 0 Å². The van der Waals surface area contributed by atoms with Crippen LogP contribution in [0.2, 0.25) is 0 Å². The molecule has 0 saturated carbocycles. The van der Waals surface area contributed by atoms with E-state index in [0.29, 0.717) is 11.4 Å². The summed E-state index contributed by atoms with van der Waals surface area (Å²) >= 11 is 0. The molecule has 0 unspecified atom stereocenters. The summed E-state index contributed by atoms with van der Waals surface area (Å²) in [5, 5.41) is 17.0. The summed E-state index contributed by atoms with van der Waals surface area (Å²) < 4.78 is 5.10. The van der Waals surface area contributed by atoms with Gasteiger partial charge in [-0.25, -0.2) is 0 Å². The highest BCUT2D eigenvalue weighted by Crippen LogP contribution is 2.16. The van der Waals surface area contributed by atoms with Gasteiger partial charge in [0.1, 0.15) is 12.4 Å². The van der Waals surface area contributed by atoms with Crippen LogP contribution in [0.1, 0.15) is 0 Å². The molecule has 0 heterocycles. The maximum Gasteiger partial charge on any atom is 0.121 e. The first-order valence-electron chi connectivity index (χ1n) is 3.60. The predicted molar refractivity (Wildman–Crippen MR) is 44.4 cm³/mol. The van der Waals surface area contributed by atoms with Crippen molar-refractivity contribution in [3.63, 3.8) is 0 Å². The van der Waals surface area contributed by atoms with E-state index in [1.807, 2.05) is 5.48 Å². The quantitative estimate of drug-likeness (QED) is 0.585. The predicted octanol–water partition coefficient (Wildman–Crippen LogP) is 0.859. The van der Waals surface area contributed by atoms with Crippen LogP contribution < -0.4 is 10.2 Å². The lowest BCUT2D eigenvalue weighted by atomic mass is 10.3. The standard InChI is InChI=1S/C8H11NO3/c10-4-5-12-8-3-1-2-7(6-8)9-11/h1-3,6,9-11H,4-5H2. The van der Waals surface area contributed by atoms with E-state index in [-0.39, 0.29) is 13.2 Å². The zero-order chi connectivity index (χ0) is 8.81. The van der Waals surface area contributed by atoms with E-state index in [4.69, 9.17) is 15.1 Å². The van der Waals surface area contributed by atoms with Crippen LogP contribution in [0.15, 0.2) is 24.3 Å². The lowest BCUT2D eigenvalue weighted by Gasteiger charge is -2.05. The third-order valence-electron chi connectivity index (χ3n) is 1.32. The first-order chi connectivity index (χ1) is 5.86. The molecule has 0 saturated heterocycles. The average molecular weight is 169 g/mol. The fourth-order valence-electron chi connectivity index (χ4n) is 0.819. The Kier molecular flexibility index (Phi) is 3.37. The number of nitrogens with one attached hydrogen (secondary N) is 1. The van der Waals surface area contributed by atoms with Gasteiger partial charge in [-0.1, -0.05) is 6.07 Å². The topological polar surface area (TPSA) is 61.7 Å². The van der Waals surface area contributed by atoms with E-state index < -0.39 is 0 Å². The van der Waals surface area contributed by atoms with Crippen molar-refractivity contribution in [2.75, 3.05) is 18.7 Å². The van der Waals surface area contributed by atoms with E-state index in [2.05, 4.69) is 0 Å². The molecule has 0 bridgehead atoms. The summed E-state index contributed by atoms with van der Waals surface area (Å²) in [4.78, 5) is 0. The van der Waals surface area contributed by atoms with Gasteiger partial charge in [0.15, 0.2) is 0 Å². The molecule has 0 atom stereocenters. The minimum Gasteiger partial charge on any atom is -0.491 e. The molecule has 1 aromatic rings. The van der Waals surface area contributed by atoms with Gasteiger partial charge >= 0.3 is 0 Å². The number of rotatable bonds is 4. The van der Waals surface area contributed by atoms with Crippen LogP contribution in [0.3, 0.4) is 0 Å². The highest BCUT2D eigenvalue weighted by atomic mass is 16.5. The van der Waals surface area contributed by atoms with Crippen LogP contribution >= 0.6 is 0 Å². The second kappa shape index (κ2) is 4.58. The molecule has 4 heteroatoms. The van der Waals surface area contributed by atoms with Crippen LogP contribution in [0, 0.1) is 0 Å². The van der Waals surface area contributed by atoms with Gasteiger partial charge in [0.2, 0.25) is 0 Å². The zero-order valence-corrected chi connectivity index (χ0v) is 6.53. The van der Waals surface area contributed by atoms with Gasteiger partial charge in [-0.2, -0.15) is 0 Å². The average Bonchev–Trinajstić information content (AvgIpc) is 2.15. The summed E-state index contributed by atoms with van der Waals surface area (Å²) in [6.07, 6.45) is 0. The number of benzene rings is 1. The van der Waals surface area contributed by atoms with Crippen molar-refractivity contribution in [1.82, 2.24) is 0 Å². The first-order valence-corrected chi connectivity index (χ1v) is 3.60. The van der Waals surface area contributed by atoms with Gasteiger partial charge in [-0.3, -0.25) is 10.7 Å². The van der Waals surface area contributed by atoms with Crippen molar-refractivity contribution in [3.05, 3.63) is 24.3 Å². The smallest absolute Gasteiger partial charge is 0.121 e. The van der Waals surface area contributed by atoms with E-state index in [9.17, 15) is 0 Å². The molecule has 0 fully saturated rings. The summed E-state index contributed by atoms with van der Waals surface area (Å²) in [5.74, 6) is 0.614. The second-order valence-electron chi connectivity index (χ2n) is 2.21. The lowest BCUT2D eigenvalue weighted by Crippen LogP contribution is -2.01. The van der Waals surface area contributed by atoms with Crippen LogP contribution in [-0.4, -0.2) is 23.5 Å². The number of aliphatic hydroxyl groups is 1. The van der Waals surface area contributed by atoms with E-state index in [1.54, 1.807) is 24.3 Å². The van der Waals surface area contributed by atoms with Crippen molar-refractivity contribution < 1.29 is 15.1 Å². The van der Waals surface area contributed by atoms with Crippen molar-refractivity contribution in [1.29, 1.82) is 0 Å². The number of anilines is 1. The second-order valence-corrected chi connectivity index (χ2v) is 2.21. The maximum atomic E-state index is 8.53. The highest BCUT2D eigenvalue weighted by Gasteiger charge is 1.93. The summed E-state index contributed by atoms with van der Waals surface area (Å²) in [7, 11) is 0. The molecule has 0 spiro atoms. The van der Waals surface area contributed by atoms with Gasteiger partial charge in [-0.05, 0) is 12.1 Å². The van der Waals surface area contributed by atoms with Crippen molar-refractivity contribution >= 4 is 5.69 Å². The van der Waals surface area contributed by atoms with E-state index >= 15 is 0 Å². The molecule has 0 radical (unpaired) electrons. The molecule has 0 aromatic heterocycles. The van der Waals surface area contributed by atoms with Crippen LogP contribution in [0.5, 0.6) is 5.75 Å². The molecular weight excluding hydrogens is 158 g/mol. The van der Waals surface area contributed by atoms with Gasteiger partial charge < -0.3 is 9.84 Å². The Morgan fingerprint density at radius 3 is 2.92 bits per heavy atom. The van der Waals surface area contributed by atoms with E-state index in [0.717, 1.165) is 0 Å². The Morgan fingerprint density at radius 2 is 2.25 bits per heavy atom. The molecule has 3 N–H and O–H groups in total. The minimum absolute atomic E-state index is 0.0171. The van der Waals surface area contributed by atoms with Crippen molar-refractivity contribution in [2.24, 2.45) is 0 Å². The number of hydrogen-bond acceptors (Lipinski definition) is 4. The lowest BCUT2D eigenvalue weighted by molar-refractivity contribution is 0.201. The maximum absolute atomic E-state index is 8.53. The van der Waals surface area contributed by atoms with Crippen molar-refractivity contribution in [3.8, 4) is 5.75 Å². The normalized spacial score (nSPS) is 9.50. The number of aliphatic hydroxyl groups excluding tert-OH is 1. The van der Waals surface area contributed by atoms with E-state index in [1.165, 1.54) is 0 Å². The summed E-state index contributed by atoms with van der Waals surface area (Å²) in [5.41, 5.74) is 2.56. The Hall–Kier alpha value is -1.26. The Labute approximate surface area is 70.4 Å². The first kappa shape index (κ1) is 8.83. The molecule has 4 nitrogen and oxygen atoms in total. The molecular formula is C8H11NO3. The van der Waals surface area contributed by atoms with Crippen LogP contribution in [0.4, 0.5) is 5.69 Å². The largest absolute Gasteiger partial charge is 0.491 e. The minimum atomic E-state index is -0.0171. The Morgan fingerprint density at radius 1 is 1.42 bits per heavy atom. The molecule has 1 aromatic carbocycles. The van der Waals surface area contributed by atoms with Gasteiger partial charge in [0, 0.05) is 6.07 Å². The Bertz CT molecular complexity index is 239. The molecule has 0 amide bonds. The third kappa shape index (κ3) is 2.41. The zero-order valence-electron chi connectivity index (χ0n) is 6.53. The van der Waals surface area contributed by atoms with Crippen LogP contribution in [-0.2, 0) is 0 Å². The van der Waals surface area contributed by atoms with Crippen molar-refractivity contribution in [2.45, 2.75) is 0 Å². The number of ether oxygens (including phenoxy) is 1. The van der Waals surface area contributed by atoms with Gasteiger partial charge in [0.25, 0.3) is 0 Å². The molecule has 12 heavy (non-hydrogen) atoms. The van der Waals surface area contributed by atoms with Gasteiger partial charge in [0.05, 0.1) is 12.3 Å². The fraction of sp³-hybridized carbons (Fsp3) is 0.250. The molecule has 0 aliphatic heterocycles. The summed E-state index contributed by atoms with van der Waals surface area (Å²) in [6.45, 7) is 0.242. The molecule has 0 aliphatic rings. The molecule has 0 aliphatic carbocycles. The number of hydrogen-bond donors (Lipinski definition) is 3. The molecule has 1 rings (SSSR count). The monoisotopic (exact) mass is 169 g/mol. The SMILES string of the molecule is OCCOc1cccc(NO)c1. The molecule has 66 valence electrons. The summed E-state index contributed by atoms with van der Waals surface area (Å²) in [6, 6.07) is 6.82. The highest BCUT2D eigenvalue weighted by molar-refractivity contribution is 5.46. The third-order valence-corrected chi connectivity index (χ3v) is 1.32. The fourth-order valence-corrected chi connectivity index (χ4v) is 0.819. The van der Waals surface area contributed by atoms with Crippen LogP contribution in [0.25, 0.3) is 0 Å².